The third-order valence-corrected chi connectivity index (χ3v) is 7.20. The summed E-state index contributed by atoms with van der Waals surface area (Å²) in [4.78, 5) is 44.3. The Labute approximate surface area is 235 Å². The normalized spacial score (nSPS) is 14.6. The Morgan fingerprint density at radius 2 is 1.73 bits per heavy atom. The van der Waals surface area contributed by atoms with Crippen LogP contribution in [0.5, 0.6) is 0 Å². The van der Waals surface area contributed by atoms with Gasteiger partial charge in [0, 0.05) is 24.2 Å². The second-order valence-electron chi connectivity index (χ2n) is 11.2. The van der Waals surface area contributed by atoms with Gasteiger partial charge in [-0.3, -0.25) is 9.59 Å². The first-order chi connectivity index (χ1) is 18.9. The standard InChI is InChI=1S/C31H39FN4O4/c1-6-7-17-31(40-29(33)39,27(37)28(38)35-21(2)22-11-9-8-10-12-22)26(30(3,4)5)19-36-18-25(34-20-36)23-13-15-24(32)16-14-23/h8-16,18,20-21,26H,6-7,17,19H2,1-5H3,(H2,33,39)(H,35,38)/t21-,26?,31+/m1/s1. The molecule has 2 aromatic carbocycles. The van der Waals surface area contributed by atoms with Crippen molar-refractivity contribution in [1.82, 2.24) is 14.9 Å². The van der Waals surface area contributed by atoms with Crippen molar-refractivity contribution in [3.05, 3.63) is 78.5 Å². The van der Waals surface area contributed by atoms with E-state index in [1.165, 1.54) is 12.1 Å². The number of halogens is 1. The van der Waals surface area contributed by atoms with E-state index in [0.29, 0.717) is 18.5 Å². The van der Waals surface area contributed by atoms with E-state index in [9.17, 15) is 18.8 Å². The number of imidazole rings is 1. The molecule has 8 nitrogen and oxygen atoms in total. The highest BCUT2D eigenvalue weighted by atomic mass is 19.1. The molecule has 0 radical (unpaired) electrons. The zero-order valence-electron chi connectivity index (χ0n) is 23.8. The van der Waals surface area contributed by atoms with Crippen LogP contribution in [-0.4, -0.2) is 32.9 Å². The Morgan fingerprint density at radius 3 is 2.30 bits per heavy atom. The number of ether oxygens (including phenoxy) is 1. The Bertz CT molecular complexity index is 1300. The van der Waals surface area contributed by atoms with E-state index in [1.807, 2.05) is 58.0 Å². The summed E-state index contributed by atoms with van der Waals surface area (Å²) in [5.41, 5.74) is 5.30. The number of amides is 2. The molecule has 3 atom stereocenters. The number of Topliss-reactive ketones (excluding diaryl/α,β-unsaturated/α-hetero) is 1. The molecule has 2 amide bonds. The largest absolute Gasteiger partial charge is 0.434 e. The molecule has 40 heavy (non-hydrogen) atoms. The van der Waals surface area contributed by atoms with Crippen molar-refractivity contribution in [3.8, 4) is 11.3 Å². The maximum absolute atomic E-state index is 14.1. The molecule has 0 aliphatic heterocycles. The molecule has 1 unspecified atom stereocenters. The fraction of sp³-hybridized carbons (Fsp3) is 0.419. The zero-order valence-corrected chi connectivity index (χ0v) is 23.8. The number of ketones is 1. The number of carbonyl (C=O) groups excluding carboxylic acids is 3. The summed E-state index contributed by atoms with van der Waals surface area (Å²) >= 11 is 0. The monoisotopic (exact) mass is 550 g/mol. The summed E-state index contributed by atoms with van der Waals surface area (Å²) in [7, 11) is 0. The number of primary amides is 1. The fourth-order valence-corrected chi connectivity index (χ4v) is 5.07. The molecule has 214 valence electrons. The first kappa shape index (κ1) is 30.5. The first-order valence-electron chi connectivity index (χ1n) is 13.5. The van der Waals surface area contributed by atoms with Crippen LogP contribution in [-0.2, 0) is 20.9 Å². The van der Waals surface area contributed by atoms with Crippen molar-refractivity contribution in [1.29, 1.82) is 0 Å². The Balaban J connectivity index is 2.02. The fourth-order valence-electron chi connectivity index (χ4n) is 5.07. The van der Waals surface area contributed by atoms with Crippen LogP contribution in [0.1, 0.15) is 65.5 Å². The maximum atomic E-state index is 14.1. The second kappa shape index (κ2) is 12.9. The summed E-state index contributed by atoms with van der Waals surface area (Å²) < 4.78 is 20.9. The average molecular weight is 551 g/mol. The number of nitrogens with two attached hydrogens (primary N) is 1. The molecule has 1 aromatic heterocycles. The van der Waals surface area contributed by atoms with Crippen LogP contribution >= 0.6 is 0 Å². The van der Waals surface area contributed by atoms with Gasteiger partial charge in [-0.1, -0.05) is 64.4 Å². The Kier molecular flexibility index (Phi) is 9.84. The van der Waals surface area contributed by atoms with Crippen molar-refractivity contribution in [2.24, 2.45) is 17.1 Å². The smallest absolute Gasteiger partial charge is 0.405 e. The van der Waals surface area contributed by atoms with Crippen molar-refractivity contribution in [2.45, 2.75) is 72.1 Å². The summed E-state index contributed by atoms with van der Waals surface area (Å²) in [5.74, 6) is -2.69. The highest BCUT2D eigenvalue weighted by Crippen LogP contribution is 2.42. The molecule has 0 spiro atoms. The van der Waals surface area contributed by atoms with Gasteiger partial charge in [0.1, 0.15) is 5.82 Å². The van der Waals surface area contributed by atoms with Crippen molar-refractivity contribution < 1.29 is 23.5 Å². The third-order valence-electron chi connectivity index (χ3n) is 7.20. The van der Waals surface area contributed by atoms with Crippen LogP contribution in [0, 0.1) is 17.2 Å². The summed E-state index contributed by atoms with van der Waals surface area (Å²) in [6, 6.07) is 14.8. The minimum Gasteiger partial charge on any atom is -0.434 e. The van der Waals surface area contributed by atoms with Crippen LogP contribution in [0.2, 0.25) is 0 Å². The van der Waals surface area contributed by atoms with Crippen LogP contribution in [0.3, 0.4) is 0 Å². The molecule has 0 aliphatic rings. The van der Waals surface area contributed by atoms with Gasteiger partial charge in [0.25, 0.3) is 11.7 Å². The molecule has 1 heterocycles. The number of aromatic nitrogens is 2. The molecule has 0 fully saturated rings. The van der Waals surface area contributed by atoms with E-state index in [-0.39, 0.29) is 18.8 Å². The quantitative estimate of drug-likeness (QED) is 0.276. The van der Waals surface area contributed by atoms with E-state index in [1.54, 1.807) is 36.1 Å². The lowest BCUT2D eigenvalue weighted by Crippen LogP contribution is -2.59. The van der Waals surface area contributed by atoms with E-state index in [0.717, 1.165) is 11.1 Å². The predicted molar refractivity (Wildman–Crippen MR) is 151 cm³/mol. The Hall–Kier alpha value is -4.01. The zero-order chi connectivity index (χ0) is 29.5. The van der Waals surface area contributed by atoms with Gasteiger partial charge in [-0.25, -0.2) is 14.2 Å². The van der Waals surface area contributed by atoms with Gasteiger partial charge in [0.2, 0.25) is 0 Å². The highest BCUT2D eigenvalue weighted by Gasteiger charge is 2.55. The number of hydrogen-bond donors (Lipinski definition) is 2. The van der Waals surface area contributed by atoms with E-state index >= 15 is 0 Å². The van der Waals surface area contributed by atoms with Crippen LogP contribution in [0.4, 0.5) is 9.18 Å². The van der Waals surface area contributed by atoms with Crippen molar-refractivity contribution >= 4 is 17.8 Å². The molecule has 0 bridgehead atoms. The topological polar surface area (TPSA) is 116 Å². The van der Waals surface area contributed by atoms with E-state index < -0.39 is 40.8 Å². The Morgan fingerprint density at radius 1 is 1.07 bits per heavy atom. The molecule has 0 saturated heterocycles. The molecule has 3 rings (SSSR count). The van der Waals surface area contributed by atoms with Crippen LogP contribution < -0.4 is 11.1 Å². The molecule has 3 N–H and O–H groups in total. The van der Waals surface area contributed by atoms with Gasteiger partial charge in [-0.2, -0.15) is 0 Å². The number of nitrogens with one attached hydrogen (secondary N) is 1. The molecule has 0 saturated carbocycles. The number of carbonyl (C=O) groups is 3. The van der Waals surface area contributed by atoms with E-state index in [4.69, 9.17) is 10.5 Å². The lowest BCUT2D eigenvalue weighted by Gasteiger charge is -2.44. The summed E-state index contributed by atoms with van der Waals surface area (Å²) in [6.07, 6.45) is 3.62. The second-order valence-corrected chi connectivity index (χ2v) is 11.2. The molecular formula is C31H39FN4O4. The maximum Gasteiger partial charge on any atom is 0.405 e. The number of hydrogen-bond acceptors (Lipinski definition) is 5. The van der Waals surface area contributed by atoms with Gasteiger partial charge in [-0.15, -0.1) is 0 Å². The lowest BCUT2D eigenvalue weighted by molar-refractivity contribution is -0.160. The van der Waals surface area contributed by atoms with Gasteiger partial charge >= 0.3 is 6.09 Å². The molecule has 9 heteroatoms. The molecule has 3 aromatic rings. The minimum absolute atomic E-state index is 0.125. The highest BCUT2D eigenvalue weighted by molar-refractivity contribution is 6.39. The van der Waals surface area contributed by atoms with Gasteiger partial charge < -0.3 is 20.4 Å². The molecule has 0 aliphatic carbocycles. The third kappa shape index (κ3) is 7.34. The summed E-state index contributed by atoms with van der Waals surface area (Å²) in [5, 5.41) is 2.78. The van der Waals surface area contributed by atoms with Crippen LogP contribution in [0.25, 0.3) is 11.3 Å². The lowest BCUT2D eigenvalue weighted by atomic mass is 9.66. The van der Waals surface area contributed by atoms with Crippen LogP contribution in [0.15, 0.2) is 67.1 Å². The van der Waals surface area contributed by atoms with Gasteiger partial charge in [0.15, 0.2) is 5.60 Å². The van der Waals surface area contributed by atoms with Crippen molar-refractivity contribution in [2.75, 3.05) is 0 Å². The summed E-state index contributed by atoms with van der Waals surface area (Å²) in [6.45, 7) is 9.73. The number of rotatable bonds is 12. The first-order valence-corrected chi connectivity index (χ1v) is 13.5. The average Bonchev–Trinajstić information content (AvgIpc) is 3.38. The number of benzene rings is 2. The number of unbranched alkanes of at least 4 members (excludes halogenated alkanes) is 1. The van der Waals surface area contributed by atoms with E-state index in [2.05, 4.69) is 10.3 Å². The van der Waals surface area contributed by atoms with Gasteiger partial charge in [-0.05, 0) is 55.0 Å². The van der Waals surface area contributed by atoms with Gasteiger partial charge in [0.05, 0.1) is 18.1 Å². The SMILES string of the molecule is CCCC[C@@](OC(N)=O)(C(=O)C(=O)N[C@H](C)c1ccccc1)C(Cn1cnc(-c2ccc(F)cc2)c1)C(C)(C)C. The predicted octanol–water partition coefficient (Wildman–Crippen LogP) is 5.82. The molecular weight excluding hydrogens is 511 g/mol. The minimum atomic E-state index is -1.82. The van der Waals surface area contributed by atoms with Crippen molar-refractivity contribution in [3.63, 3.8) is 0 Å². The number of nitrogens with zero attached hydrogens (tertiary/aromatic N) is 2.